The zero-order chi connectivity index (χ0) is 12.8. The Hall–Kier alpha value is -1.00. The lowest BCUT2D eigenvalue weighted by atomic mass is 9.97. The number of thioether (sulfide) groups is 1. The van der Waals surface area contributed by atoms with Crippen molar-refractivity contribution in [2.75, 3.05) is 25.4 Å². The topological polar surface area (TPSA) is 40.5 Å². The molecule has 1 saturated heterocycles. The Bertz CT molecular complexity index is 375. The molecule has 98 valence electrons. The van der Waals surface area contributed by atoms with Crippen molar-refractivity contribution in [2.24, 2.45) is 5.92 Å². The normalized spacial score (nSPS) is 17.8. The molecule has 0 atom stereocenters. The van der Waals surface area contributed by atoms with Crippen LogP contribution in [0.3, 0.4) is 0 Å². The van der Waals surface area contributed by atoms with Crippen LogP contribution in [0, 0.1) is 5.92 Å². The van der Waals surface area contributed by atoms with Crippen LogP contribution in [0.1, 0.15) is 12.8 Å². The first-order valence-corrected chi connectivity index (χ1v) is 7.37. The largest absolute Gasteiger partial charge is 0.481 e. The van der Waals surface area contributed by atoms with Crippen LogP contribution in [-0.2, 0) is 4.79 Å². The molecule has 1 N–H and O–H groups in total. The number of likely N-dealkylation sites (tertiary alicyclic amines) is 1. The minimum absolute atomic E-state index is 0.122. The Morgan fingerprint density at radius 3 is 2.56 bits per heavy atom. The van der Waals surface area contributed by atoms with E-state index < -0.39 is 5.97 Å². The van der Waals surface area contributed by atoms with Gasteiger partial charge in [-0.15, -0.1) is 11.8 Å². The third kappa shape index (κ3) is 4.03. The standard InChI is InChI=1S/C14H19NO2S/c16-14(17)12-6-8-15(9-7-12)10-11-18-13-4-2-1-3-5-13/h1-5,12H,6-11H2,(H,16,17). The first-order chi connectivity index (χ1) is 8.75. The molecule has 1 aromatic rings. The summed E-state index contributed by atoms with van der Waals surface area (Å²) in [4.78, 5) is 14.5. The van der Waals surface area contributed by atoms with Crippen LogP contribution in [0.25, 0.3) is 0 Å². The van der Waals surface area contributed by atoms with Gasteiger partial charge in [-0.1, -0.05) is 18.2 Å². The molecular formula is C14H19NO2S. The van der Waals surface area contributed by atoms with Gasteiger partial charge in [0.2, 0.25) is 0 Å². The summed E-state index contributed by atoms with van der Waals surface area (Å²) < 4.78 is 0. The number of rotatable bonds is 5. The van der Waals surface area contributed by atoms with E-state index in [1.807, 2.05) is 17.8 Å². The Balaban J connectivity index is 1.65. The van der Waals surface area contributed by atoms with Crippen molar-refractivity contribution in [3.63, 3.8) is 0 Å². The second kappa shape index (κ2) is 6.81. The number of carboxylic acid groups (broad SMARTS) is 1. The molecule has 0 unspecified atom stereocenters. The lowest BCUT2D eigenvalue weighted by Crippen LogP contribution is -2.37. The molecule has 1 aliphatic heterocycles. The van der Waals surface area contributed by atoms with Gasteiger partial charge in [-0.2, -0.15) is 0 Å². The number of aliphatic carboxylic acids is 1. The van der Waals surface area contributed by atoms with Crippen LogP contribution in [-0.4, -0.2) is 41.4 Å². The SMILES string of the molecule is O=C(O)C1CCN(CCSc2ccccc2)CC1. The maximum atomic E-state index is 10.8. The minimum atomic E-state index is -0.631. The smallest absolute Gasteiger partial charge is 0.306 e. The minimum Gasteiger partial charge on any atom is -0.481 e. The first-order valence-electron chi connectivity index (χ1n) is 6.39. The summed E-state index contributed by atoms with van der Waals surface area (Å²) in [6, 6.07) is 10.4. The fourth-order valence-electron chi connectivity index (χ4n) is 2.21. The molecular weight excluding hydrogens is 246 g/mol. The van der Waals surface area contributed by atoms with Crippen LogP contribution >= 0.6 is 11.8 Å². The monoisotopic (exact) mass is 265 g/mol. The van der Waals surface area contributed by atoms with Crippen LogP contribution in [0.15, 0.2) is 35.2 Å². The van der Waals surface area contributed by atoms with Gasteiger partial charge in [0.1, 0.15) is 0 Å². The number of benzene rings is 1. The lowest BCUT2D eigenvalue weighted by Gasteiger charge is -2.29. The van der Waals surface area contributed by atoms with Crippen molar-refractivity contribution < 1.29 is 9.90 Å². The Labute approximate surface area is 112 Å². The van der Waals surface area contributed by atoms with Crippen LogP contribution in [0.5, 0.6) is 0 Å². The summed E-state index contributed by atoms with van der Waals surface area (Å²) in [5.74, 6) is 0.318. The van der Waals surface area contributed by atoms with E-state index in [1.54, 1.807) is 0 Å². The highest BCUT2D eigenvalue weighted by atomic mass is 32.2. The fraction of sp³-hybridized carbons (Fsp3) is 0.500. The van der Waals surface area contributed by atoms with E-state index in [2.05, 4.69) is 29.2 Å². The molecule has 0 radical (unpaired) electrons. The average Bonchev–Trinajstić information content (AvgIpc) is 2.40. The van der Waals surface area contributed by atoms with Crippen LogP contribution < -0.4 is 0 Å². The van der Waals surface area contributed by atoms with Gasteiger partial charge in [0, 0.05) is 17.2 Å². The number of hydrogen-bond donors (Lipinski definition) is 1. The van der Waals surface area contributed by atoms with E-state index in [4.69, 9.17) is 5.11 Å². The van der Waals surface area contributed by atoms with E-state index in [1.165, 1.54) is 4.90 Å². The van der Waals surface area contributed by atoms with Crippen molar-refractivity contribution >= 4 is 17.7 Å². The van der Waals surface area contributed by atoms with E-state index in [0.717, 1.165) is 38.2 Å². The van der Waals surface area contributed by atoms with Crippen LogP contribution in [0.4, 0.5) is 0 Å². The molecule has 4 heteroatoms. The molecule has 0 spiro atoms. The maximum absolute atomic E-state index is 10.8. The zero-order valence-electron chi connectivity index (χ0n) is 10.4. The van der Waals surface area contributed by atoms with Gasteiger partial charge in [0.05, 0.1) is 5.92 Å². The highest BCUT2D eigenvalue weighted by Gasteiger charge is 2.23. The summed E-state index contributed by atoms with van der Waals surface area (Å²) in [5, 5.41) is 8.93. The van der Waals surface area contributed by atoms with Gasteiger partial charge in [0.25, 0.3) is 0 Å². The highest BCUT2D eigenvalue weighted by Crippen LogP contribution is 2.20. The third-order valence-corrected chi connectivity index (χ3v) is 4.35. The van der Waals surface area contributed by atoms with Gasteiger partial charge in [0.15, 0.2) is 0 Å². The Morgan fingerprint density at radius 2 is 1.94 bits per heavy atom. The highest BCUT2D eigenvalue weighted by molar-refractivity contribution is 7.99. The van der Waals surface area contributed by atoms with Crippen molar-refractivity contribution in [3.8, 4) is 0 Å². The molecule has 0 amide bonds. The lowest BCUT2D eigenvalue weighted by molar-refractivity contribution is -0.143. The number of hydrogen-bond acceptors (Lipinski definition) is 3. The fourth-order valence-corrected chi connectivity index (χ4v) is 3.15. The summed E-state index contributed by atoms with van der Waals surface area (Å²) in [7, 11) is 0. The number of carbonyl (C=O) groups is 1. The molecule has 0 saturated carbocycles. The number of piperidine rings is 1. The van der Waals surface area contributed by atoms with Crippen molar-refractivity contribution in [1.82, 2.24) is 4.90 Å². The molecule has 0 bridgehead atoms. The van der Waals surface area contributed by atoms with E-state index in [9.17, 15) is 4.79 Å². The Kier molecular flexibility index (Phi) is 5.08. The quantitative estimate of drug-likeness (QED) is 0.831. The summed E-state index contributed by atoms with van der Waals surface area (Å²) in [6.45, 7) is 2.89. The zero-order valence-corrected chi connectivity index (χ0v) is 11.2. The van der Waals surface area contributed by atoms with Gasteiger partial charge in [-0.25, -0.2) is 0 Å². The molecule has 1 fully saturated rings. The molecule has 0 aromatic heterocycles. The van der Waals surface area contributed by atoms with Gasteiger partial charge < -0.3 is 10.0 Å². The van der Waals surface area contributed by atoms with Gasteiger partial charge >= 0.3 is 5.97 Å². The van der Waals surface area contributed by atoms with Gasteiger partial charge in [-0.3, -0.25) is 4.79 Å². The first kappa shape index (κ1) is 13.4. The van der Waals surface area contributed by atoms with E-state index in [-0.39, 0.29) is 5.92 Å². The second-order valence-electron chi connectivity index (χ2n) is 4.62. The van der Waals surface area contributed by atoms with Crippen LogP contribution in [0.2, 0.25) is 0 Å². The second-order valence-corrected chi connectivity index (χ2v) is 5.78. The summed E-state index contributed by atoms with van der Waals surface area (Å²) >= 11 is 1.86. The third-order valence-electron chi connectivity index (χ3n) is 3.36. The molecule has 2 rings (SSSR count). The van der Waals surface area contributed by atoms with Crippen molar-refractivity contribution in [1.29, 1.82) is 0 Å². The summed E-state index contributed by atoms with van der Waals surface area (Å²) in [6.07, 6.45) is 1.59. The molecule has 1 aromatic carbocycles. The predicted molar refractivity (Wildman–Crippen MR) is 74.0 cm³/mol. The van der Waals surface area contributed by atoms with Gasteiger partial charge in [-0.05, 0) is 38.1 Å². The van der Waals surface area contributed by atoms with Crippen molar-refractivity contribution in [2.45, 2.75) is 17.7 Å². The molecule has 1 heterocycles. The van der Waals surface area contributed by atoms with Crippen molar-refractivity contribution in [3.05, 3.63) is 30.3 Å². The molecule has 18 heavy (non-hydrogen) atoms. The Morgan fingerprint density at radius 1 is 1.28 bits per heavy atom. The predicted octanol–water partition coefficient (Wildman–Crippen LogP) is 2.58. The molecule has 0 aliphatic carbocycles. The molecule has 3 nitrogen and oxygen atoms in total. The van der Waals surface area contributed by atoms with E-state index >= 15 is 0 Å². The maximum Gasteiger partial charge on any atom is 0.306 e. The number of carboxylic acids is 1. The average molecular weight is 265 g/mol. The number of nitrogens with zero attached hydrogens (tertiary/aromatic N) is 1. The molecule has 1 aliphatic rings. The summed E-state index contributed by atoms with van der Waals surface area (Å²) in [5.41, 5.74) is 0. The van der Waals surface area contributed by atoms with E-state index in [0.29, 0.717) is 0 Å².